The van der Waals surface area contributed by atoms with Crippen LogP contribution in [-0.2, 0) is 4.79 Å². The minimum absolute atomic E-state index is 0.0150. The highest BCUT2D eigenvalue weighted by Gasteiger charge is 2.30. The molecule has 2 aliphatic rings. The molecule has 7 nitrogen and oxygen atoms in total. The second-order valence-corrected chi connectivity index (χ2v) is 7.77. The molecule has 2 aliphatic heterocycles. The highest BCUT2D eigenvalue weighted by molar-refractivity contribution is 5.94. The summed E-state index contributed by atoms with van der Waals surface area (Å²) in [6.07, 6.45) is 7.06. The van der Waals surface area contributed by atoms with E-state index < -0.39 is 0 Å². The SMILES string of the molecule is CCN(CC)C(=O)c1cnc([C@@H]2CCCCN2CC(=O)N2CCCC2)nc1C. The zero-order valence-electron chi connectivity index (χ0n) is 17.5. The zero-order chi connectivity index (χ0) is 20.1. The van der Waals surface area contributed by atoms with Crippen molar-refractivity contribution in [2.24, 2.45) is 0 Å². The predicted molar refractivity (Wildman–Crippen MR) is 108 cm³/mol. The van der Waals surface area contributed by atoms with Crippen LogP contribution in [0.25, 0.3) is 0 Å². The van der Waals surface area contributed by atoms with Crippen molar-refractivity contribution in [3.05, 3.63) is 23.3 Å². The van der Waals surface area contributed by atoms with Crippen LogP contribution in [0.2, 0.25) is 0 Å². The van der Waals surface area contributed by atoms with Crippen molar-refractivity contribution in [1.29, 1.82) is 0 Å². The highest BCUT2D eigenvalue weighted by atomic mass is 16.2. The van der Waals surface area contributed by atoms with E-state index in [4.69, 9.17) is 4.98 Å². The molecule has 0 spiro atoms. The summed E-state index contributed by atoms with van der Waals surface area (Å²) < 4.78 is 0. The third kappa shape index (κ3) is 4.51. The van der Waals surface area contributed by atoms with E-state index in [1.54, 1.807) is 11.1 Å². The van der Waals surface area contributed by atoms with Gasteiger partial charge in [-0.15, -0.1) is 0 Å². The second-order valence-electron chi connectivity index (χ2n) is 7.77. The van der Waals surface area contributed by atoms with Gasteiger partial charge in [-0.25, -0.2) is 9.97 Å². The number of piperidine rings is 1. The monoisotopic (exact) mass is 387 g/mol. The Hall–Kier alpha value is -2.02. The summed E-state index contributed by atoms with van der Waals surface area (Å²) in [4.78, 5) is 40.5. The van der Waals surface area contributed by atoms with Crippen LogP contribution in [0.3, 0.4) is 0 Å². The first-order valence-corrected chi connectivity index (χ1v) is 10.7. The highest BCUT2D eigenvalue weighted by Crippen LogP contribution is 2.29. The van der Waals surface area contributed by atoms with Crippen molar-refractivity contribution < 1.29 is 9.59 Å². The number of aryl methyl sites for hydroxylation is 1. The molecule has 28 heavy (non-hydrogen) atoms. The van der Waals surface area contributed by atoms with Gasteiger partial charge in [-0.3, -0.25) is 14.5 Å². The van der Waals surface area contributed by atoms with Crippen LogP contribution < -0.4 is 0 Å². The van der Waals surface area contributed by atoms with Crippen molar-refractivity contribution >= 4 is 11.8 Å². The molecule has 1 aromatic rings. The molecule has 0 bridgehead atoms. The molecule has 0 saturated carbocycles. The largest absolute Gasteiger partial charge is 0.342 e. The van der Waals surface area contributed by atoms with E-state index in [0.29, 0.717) is 25.2 Å². The number of nitrogens with zero attached hydrogens (tertiary/aromatic N) is 5. The molecule has 0 N–H and O–H groups in total. The van der Waals surface area contributed by atoms with Crippen LogP contribution in [0, 0.1) is 6.92 Å². The topological polar surface area (TPSA) is 69.6 Å². The minimum Gasteiger partial charge on any atom is -0.342 e. The quantitative estimate of drug-likeness (QED) is 0.750. The predicted octanol–water partition coefficient (Wildman–Crippen LogP) is 2.42. The van der Waals surface area contributed by atoms with Gasteiger partial charge < -0.3 is 9.80 Å². The molecule has 2 saturated heterocycles. The Balaban J connectivity index is 1.75. The van der Waals surface area contributed by atoms with Crippen molar-refractivity contribution in [2.75, 3.05) is 39.3 Å². The lowest BCUT2D eigenvalue weighted by Crippen LogP contribution is -2.43. The molecule has 2 fully saturated rings. The third-order valence-corrected chi connectivity index (χ3v) is 5.99. The first-order chi connectivity index (χ1) is 13.5. The lowest BCUT2D eigenvalue weighted by atomic mass is 10.0. The van der Waals surface area contributed by atoms with Gasteiger partial charge in [0.05, 0.1) is 23.8 Å². The fourth-order valence-corrected chi connectivity index (χ4v) is 4.25. The van der Waals surface area contributed by atoms with Crippen molar-refractivity contribution in [1.82, 2.24) is 24.7 Å². The average molecular weight is 388 g/mol. The number of carbonyl (C=O) groups excluding carboxylic acids is 2. The molecule has 2 amide bonds. The Morgan fingerprint density at radius 2 is 1.79 bits per heavy atom. The van der Waals surface area contributed by atoms with Crippen LogP contribution in [0.4, 0.5) is 0 Å². The second kappa shape index (κ2) is 9.45. The smallest absolute Gasteiger partial charge is 0.257 e. The Labute approximate surface area is 168 Å². The number of carbonyl (C=O) groups is 2. The summed E-state index contributed by atoms with van der Waals surface area (Å²) in [6.45, 7) is 10.3. The maximum Gasteiger partial charge on any atom is 0.257 e. The minimum atomic E-state index is -0.0150. The van der Waals surface area contributed by atoms with Crippen molar-refractivity contribution in [3.8, 4) is 0 Å². The van der Waals surface area contributed by atoms with E-state index in [-0.39, 0.29) is 17.9 Å². The Kier molecular flexibility index (Phi) is 6.99. The van der Waals surface area contributed by atoms with Gasteiger partial charge in [0, 0.05) is 32.4 Å². The lowest BCUT2D eigenvalue weighted by molar-refractivity contribution is -0.132. The first-order valence-electron chi connectivity index (χ1n) is 10.7. The number of hydrogen-bond acceptors (Lipinski definition) is 5. The summed E-state index contributed by atoms with van der Waals surface area (Å²) >= 11 is 0. The molecule has 0 aliphatic carbocycles. The van der Waals surface area contributed by atoms with Crippen LogP contribution in [0.1, 0.15) is 73.9 Å². The van der Waals surface area contributed by atoms with Crippen LogP contribution in [0.15, 0.2) is 6.20 Å². The fourth-order valence-electron chi connectivity index (χ4n) is 4.25. The molecule has 3 heterocycles. The lowest BCUT2D eigenvalue weighted by Gasteiger charge is -2.35. The maximum atomic E-state index is 12.7. The number of rotatable bonds is 6. The van der Waals surface area contributed by atoms with Gasteiger partial charge in [0.1, 0.15) is 5.82 Å². The normalized spacial score (nSPS) is 20.4. The summed E-state index contributed by atoms with van der Waals surface area (Å²) in [5, 5.41) is 0. The van der Waals surface area contributed by atoms with Gasteiger partial charge in [-0.05, 0) is 53.0 Å². The summed E-state index contributed by atoms with van der Waals surface area (Å²) in [6, 6.07) is 0.0524. The molecule has 1 aromatic heterocycles. The number of amides is 2. The molecule has 0 radical (unpaired) electrons. The Morgan fingerprint density at radius 1 is 1.11 bits per heavy atom. The van der Waals surface area contributed by atoms with Gasteiger partial charge in [0.2, 0.25) is 5.91 Å². The summed E-state index contributed by atoms with van der Waals surface area (Å²) in [5.41, 5.74) is 1.29. The van der Waals surface area contributed by atoms with Gasteiger partial charge in [0.15, 0.2) is 0 Å². The van der Waals surface area contributed by atoms with Gasteiger partial charge in [-0.1, -0.05) is 6.42 Å². The Morgan fingerprint density at radius 3 is 2.43 bits per heavy atom. The molecule has 3 rings (SSSR count). The van der Waals surface area contributed by atoms with E-state index in [9.17, 15) is 9.59 Å². The molecule has 154 valence electrons. The molecular weight excluding hydrogens is 354 g/mol. The molecule has 0 aromatic carbocycles. The van der Waals surface area contributed by atoms with Crippen LogP contribution >= 0.6 is 0 Å². The van der Waals surface area contributed by atoms with E-state index in [2.05, 4.69) is 9.88 Å². The molecule has 1 atom stereocenters. The molecule has 7 heteroatoms. The number of hydrogen-bond donors (Lipinski definition) is 0. The fraction of sp³-hybridized carbons (Fsp3) is 0.714. The summed E-state index contributed by atoms with van der Waals surface area (Å²) in [5.74, 6) is 0.940. The van der Waals surface area contributed by atoms with Crippen molar-refractivity contribution in [2.45, 2.75) is 58.9 Å². The molecule has 0 unspecified atom stereocenters. The van der Waals surface area contributed by atoms with Crippen molar-refractivity contribution in [3.63, 3.8) is 0 Å². The van der Waals surface area contributed by atoms with Gasteiger partial charge in [0.25, 0.3) is 5.91 Å². The number of likely N-dealkylation sites (tertiary alicyclic amines) is 2. The molecular formula is C21H33N5O2. The number of aromatic nitrogens is 2. The Bertz CT molecular complexity index is 698. The van der Waals surface area contributed by atoms with E-state index in [1.165, 1.54) is 0 Å². The van der Waals surface area contributed by atoms with Gasteiger partial charge in [-0.2, -0.15) is 0 Å². The van der Waals surface area contributed by atoms with Crippen LogP contribution in [-0.4, -0.2) is 75.8 Å². The van der Waals surface area contributed by atoms with E-state index in [0.717, 1.165) is 63.3 Å². The first kappa shape index (κ1) is 20.7. The zero-order valence-corrected chi connectivity index (χ0v) is 17.5. The van der Waals surface area contributed by atoms with Crippen LogP contribution in [0.5, 0.6) is 0 Å². The average Bonchev–Trinajstić information content (AvgIpc) is 3.24. The summed E-state index contributed by atoms with van der Waals surface area (Å²) in [7, 11) is 0. The maximum absolute atomic E-state index is 12.7. The standard InChI is InChI=1S/C21H33N5O2/c1-4-24(5-2)21(28)17-14-22-20(23-16(17)3)18-10-6-7-13-26(18)15-19(27)25-11-8-9-12-25/h14,18H,4-13,15H2,1-3H3/t18-/m0/s1. The van der Waals surface area contributed by atoms with E-state index >= 15 is 0 Å². The third-order valence-electron chi connectivity index (χ3n) is 5.99. The van der Waals surface area contributed by atoms with Gasteiger partial charge >= 0.3 is 0 Å². The van der Waals surface area contributed by atoms with E-state index in [1.807, 2.05) is 25.7 Å².